The summed E-state index contributed by atoms with van der Waals surface area (Å²) in [6.45, 7) is 4.47. The molecule has 0 aliphatic carbocycles. The summed E-state index contributed by atoms with van der Waals surface area (Å²) in [5, 5.41) is 3.16. The monoisotopic (exact) mass is 296 g/mol. The zero-order valence-electron chi connectivity index (χ0n) is 12.0. The molecule has 1 amide bonds. The van der Waals surface area contributed by atoms with E-state index in [1.54, 1.807) is 4.90 Å². The van der Waals surface area contributed by atoms with Crippen LogP contribution < -0.4 is 5.32 Å². The highest BCUT2D eigenvalue weighted by molar-refractivity contribution is 7.90. The van der Waals surface area contributed by atoms with Gasteiger partial charge in [-0.1, -0.05) is 23.8 Å². The smallest absolute Gasteiger partial charge is 0.238 e. The average molecular weight is 296 g/mol. The van der Waals surface area contributed by atoms with Gasteiger partial charge in [0.1, 0.15) is 16.0 Å². The Balaban J connectivity index is 2.25. The Bertz CT molecular complexity index is 625. The van der Waals surface area contributed by atoms with Crippen LogP contribution in [-0.2, 0) is 14.6 Å². The van der Waals surface area contributed by atoms with Gasteiger partial charge in [0.2, 0.25) is 5.91 Å². The van der Waals surface area contributed by atoms with Crippen molar-refractivity contribution in [2.45, 2.75) is 20.0 Å². The van der Waals surface area contributed by atoms with Crippen molar-refractivity contribution in [3.63, 3.8) is 0 Å². The summed E-state index contributed by atoms with van der Waals surface area (Å²) in [5.41, 5.74) is 3.24. The fourth-order valence-corrected chi connectivity index (χ4v) is 2.92. The maximum Gasteiger partial charge on any atom is 0.238 e. The van der Waals surface area contributed by atoms with E-state index in [9.17, 15) is 13.2 Å². The number of benzene rings is 1. The Morgan fingerprint density at radius 3 is 2.70 bits per heavy atom. The number of hydrogen-bond donors (Lipinski definition) is 1. The molecule has 1 aromatic rings. The lowest BCUT2D eigenvalue weighted by atomic mass is 10.0. The van der Waals surface area contributed by atoms with Crippen molar-refractivity contribution in [1.29, 1.82) is 0 Å². The van der Waals surface area contributed by atoms with E-state index in [1.807, 2.05) is 32.0 Å². The molecule has 0 bridgehead atoms. The van der Waals surface area contributed by atoms with Crippen molar-refractivity contribution in [3.8, 4) is 0 Å². The molecule has 1 saturated heterocycles. The van der Waals surface area contributed by atoms with E-state index in [-0.39, 0.29) is 30.9 Å². The van der Waals surface area contributed by atoms with E-state index in [2.05, 4.69) is 5.32 Å². The number of amides is 1. The Labute approximate surface area is 119 Å². The number of carbonyl (C=O) groups is 1. The molecular formula is C14H20N2O3S. The van der Waals surface area contributed by atoms with Crippen molar-refractivity contribution in [2.75, 3.05) is 25.1 Å². The highest BCUT2D eigenvalue weighted by Crippen LogP contribution is 2.26. The number of nitrogens with one attached hydrogen (secondary N) is 1. The first-order valence-electron chi connectivity index (χ1n) is 6.55. The van der Waals surface area contributed by atoms with Gasteiger partial charge in [-0.2, -0.15) is 0 Å². The van der Waals surface area contributed by atoms with Crippen molar-refractivity contribution < 1.29 is 13.2 Å². The van der Waals surface area contributed by atoms with Crippen LogP contribution in [0.4, 0.5) is 0 Å². The van der Waals surface area contributed by atoms with Gasteiger partial charge in [0.25, 0.3) is 0 Å². The van der Waals surface area contributed by atoms with Gasteiger partial charge < -0.3 is 4.90 Å². The van der Waals surface area contributed by atoms with Gasteiger partial charge in [-0.25, -0.2) is 8.42 Å². The van der Waals surface area contributed by atoms with Crippen LogP contribution in [0.2, 0.25) is 0 Å². The quantitative estimate of drug-likeness (QED) is 0.891. The first-order valence-corrected chi connectivity index (χ1v) is 8.62. The van der Waals surface area contributed by atoms with E-state index in [4.69, 9.17) is 0 Å². The van der Waals surface area contributed by atoms with E-state index in [1.165, 1.54) is 6.26 Å². The summed E-state index contributed by atoms with van der Waals surface area (Å²) >= 11 is 0. The second-order valence-corrected chi connectivity index (χ2v) is 7.62. The van der Waals surface area contributed by atoms with Crippen LogP contribution in [0.25, 0.3) is 0 Å². The first-order chi connectivity index (χ1) is 9.28. The van der Waals surface area contributed by atoms with E-state index >= 15 is 0 Å². The molecule has 110 valence electrons. The van der Waals surface area contributed by atoms with Gasteiger partial charge in [-0.3, -0.25) is 10.1 Å². The third kappa shape index (κ3) is 3.37. The number of rotatable bonds is 4. The second-order valence-electron chi connectivity index (χ2n) is 5.36. The fourth-order valence-electron chi connectivity index (χ4n) is 2.39. The molecule has 20 heavy (non-hydrogen) atoms. The molecule has 1 aliphatic rings. The predicted octanol–water partition coefficient (Wildman–Crippen LogP) is 0.778. The lowest BCUT2D eigenvalue weighted by Gasteiger charge is -2.26. The summed E-state index contributed by atoms with van der Waals surface area (Å²) in [7, 11) is -3.08. The number of carbonyl (C=O) groups excluding carboxylic acids is 1. The normalized spacial score (nSPS) is 19.6. The maximum atomic E-state index is 11.9. The molecule has 1 aromatic carbocycles. The number of nitrogens with zero attached hydrogens (tertiary/aromatic N) is 1. The van der Waals surface area contributed by atoms with Crippen LogP contribution >= 0.6 is 0 Å². The van der Waals surface area contributed by atoms with Gasteiger partial charge >= 0.3 is 0 Å². The summed E-state index contributed by atoms with van der Waals surface area (Å²) < 4.78 is 22.6. The Morgan fingerprint density at radius 1 is 1.35 bits per heavy atom. The summed E-state index contributed by atoms with van der Waals surface area (Å²) in [5.74, 6) is -0.0681. The van der Waals surface area contributed by atoms with Crippen LogP contribution in [0.15, 0.2) is 18.2 Å². The zero-order chi connectivity index (χ0) is 14.9. The minimum absolute atomic E-state index is 0.0121. The Morgan fingerprint density at radius 2 is 2.05 bits per heavy atom. The molecule has 0 saturated carbocycles. The molecule has 0 spiro atoms. The molecule has 1 heterocycles. The molecule has 5 nitrogen and oxygen atoms in total. The standard InChI is InChI=1S/C14H20N2O3S/c1-10-4-5-11(2)12(8-10)14-15-9-13(17)16(14)6-7-20(3,18)19/h4-5,8,14-15H,6-7,9H2,1-3H3. The third-order valence-corrected chi connectivity index (χ3v) is 4.44. The van der Waals surface area contributed by atoms with E-state index in [0.29, 0.717) is 0 Å². The van der Waals surface area contributed by atoms with Gasteiger partial charge in [-0.15, -0.1) is 0 Å². The lowest BCUT2D eigenvalue weighted by molar-refractivity contribution is -0.127. The van der Waals surface area contributed by atoms with Crippen molar-refractivity contribution in [1.82, 2.24) is 10.2 Å². The van der Waals surface area contributed by atoms with Gasteiger partial charge in [-0.05, 0) is 25.0 Å². The molecule has 0 aromatic heterocycles. The molecule has 2 rings (SSSR count). The minimum Gasteiger partial charge on any atom is -0.321 e. The van der Waals surface area contributed by atoms with E-state index in [0.717, 1.165) is 16.7 Å². The third-order valence-electron chi connectivity index (χ3n) is 3.51. The zero-order valence-corrected chi connectivity index (χ0v) is 12.8. The Kier molecular flexibility index (Phi) is 4.15. The molecule has 1 unspecified atom stereocenters. The number of hydrogen-bond acceptors (Lipinski definition) is 4. The number of aryl methyl sites for hydroxylation is 2. The molecule has 1 fully saturated rings. The molecule has 6 heteroatoms. The van der Waals surface area contributed by atoms with Gasteiger partial charge in [0, 0.05) is 12.8 Å². The van der Waals surface area contributed by atoms with Gasteiger partial charge in [0.05, 0.1) is 12.3 Å². The fraction of sp³-hybridized carbons (Fsp3) is 0.500. The van der Waals surface area contributed by atoms with Crippen LogP contribution in [0.5, 0.6) is 0 Å². The molecular weight excluding hydrogens is 276 g/mol. The van der Waals surface area contributed by atoms with Crippen LogP contribution in [0.1, 0.15) is 22.9 Å². The molecule has 1 aliphatic heterocycles. The first kappa shape index (κ1) is 15.0. The molecule has 0 radical (unpaired) electrons. The average Bonchev–Trinajstić information content (AvgIpc) is 2.70. The molecule has 1 N–H and O–H groups in total. The van der Waals surface area contributed by atoms with Crippen molar-refractivity contribution in [2.24, 2.45) is 0 Å². The van der Waals surface area contributed by atoms with Gasteiger partial charge in [0.15, 0.2) is 0 Å². The van der Waals surface area contributed by atoms with Crippen LogP contribution in [0, 0.1) is 13.8 Å². The number of sulfone groups is 1. The van der Waals surface area contributed by atoms with Crippen LogP contribution in [0.3, 0.4) is 0 Å². The summed E-state index contributed by atoms with van der Waals surface area (Å²) in [6.07, 6.45) is 0.956. The molecule has 1 atom stereocenters. The lowest BCUT2D eigenvalue weighted by Crippen LogP contribution is -2.34. The second kappa shape index (κ2) is 5.54. The SMILES string of the molecule is Cc1ccc(C)c(C2NCC(=O)N2CCS(C)(=O)=O)c1. The van der Waals surface area contributed by atoms with E-state index < -0.39 is 9.84 Å². The van der Waals surface area contributed by atoms with Crippen molar-refractivity contribution >= 4 is 15.7 Å². The minimum atomic E-state index is -3.08. The van der Waals surface area contributed by atoms with Crippen molar-refractivity contribution in [3.05, 3.63) is 34.9 Å². The Hall–Kier alpha value is -1.40. The summed E-state index contributed by atoms with van der Waals surface area (Å²) in [6, 6.07) is 6.08. The van der Waals surface area contributed by atoms with Crippen LogP contribution in [-0.4, -0.2) is 44.3 Å². The maximum absolute atomic E-state index is 11.9. The highest BCUT2D eigenvalue weighted by Gasteiger charge is 2.32. The highest BCUT2D eigenvalue weighted by atomic mass is 32.2. The largest absolute Gasteiger partial charge is 0.321 e. The predicted molar refractivity (Wildman–Crippen MR) is 78.1 cm³/mol. The summed E-state index contributed by atoms with van der Waals surface area (Å²) in [4.78, 5) is 13.6. The topological polar surface area (TPSA) is 66.5 Å².